The number of aromatic nitrogens is 2. The summed E-state index contributed by atoms with van der Waals surface area (Å²) in [4.78, 5) is 14.9. The van der Waals surface area contributed by atoms with E-state index in [4.69, 9.17) is 4.74 Å². The average molecular weight is 408 g/mol. The number of carbonyl (C=O) groups is 1. The number of rotatable bonds is 5. The number of ether oxygens (including phenoxy) is 1. The topological polar surface area (TPSA) is 67.6 Å². The molecule has 1 fully saturated rings. The molecule has 7 heteroatoms. The summed E-state index contributed by atoms with van der Waals surface area (Å²) in [6.45, 7) is 0.701. The van der Waals surface area contributed by atoms with E-state index in [1.807, 2.05) is 30.3 Å². The van der Waals surface area contributed by atoms with Gasteiger partial charge in [0, 0.05) is 35.9 Å². The normalized spacial score (nSPS) is 18.4. The zero-order chi connectivity index (χ0) is 18.0. The summed E-state index contributed by atoms with van der Waals surface area (Å²) in [6, 6.07) is 5.40. The Hall–Kier alpha value is -1.86. The minimum atomic E-state index is -0.624. The van der Waals surface area contributed by atoms with Gasteiger partial charge in [0.2, 0.25) is 0 Å². The first-order valence-electron chi connectivity index (χ1n) is 8.30. The SMILES string of the molecule is COc1ccc(Br)c(C(=O)N2CCC[C@H]2C[C@H](O)c2cnn(C)c2)c1. The van der Waals surface area contributed by atoms with Gasteiger partial charge in [0.1, 0.15) is 5.75 Å². The van der Waals surface area contributed by atoms with Gasteiger partial charge in [-0.1, -0.05) is 0 Å². The van der Waals surface area contributed by atoms with Crippen LogP contribution < -0.4 is 4.74 Å². The monoisotopic (exact) mass is 407 g/mol. The Morgan fingerprint density at radius 1 is 1.52 bits per heavy atom. The first-order valence-corrected chi connectivity index (χ1v) is 9.10. The van der Waals surface area contributed by atoms with Gasteiger partial charge in [-0.05, 0) is 53.4 Å². The van der Waals surface area contributed by atoms with Crippen LogP contribution in [0.3, 0.4) is 0 Å². The molecule has 1 aromatic heterocycles. The van der Waals surface area contributed by atoms with Gasteiger partial charge >= 0.3 is 0 Å². The zero-order valence-corrected chi connectivity index (χ0v) is 15.9. The molecule has 6 nitrogen and oxygen atoms in total. The van der Waals surface area contributed by atoms with Crippen molar-refractivity contribution < 1.29 is 14.6 Å². The van der Waals surface area contributed by atoms with Crippen LogP contribution in [0.25, 0.3) is 0 Å². The van der Waals surface area contributed by atoms with Crippen molar-refractivity contribution in [2.75, 3.05) is 13.7 Å². The number of halogens is 1. The largest absolute Gasteiger partial charge is 0.497 e. The molecule has 1 amide bonds. The van der Waals surface area contributed by atoms with Crippen molar-refractivity contribution in [3.63, 3.8) is 0 Å². The van der Waals surface area contributed by atoms with Crippen LogP contribution in [-0.2, 0) is 7.05 Å². The summed E-state index contributed by atoms with van der Waals surface area (Å²) in [5.41, 5.74) is 1.37. The van der Waals surface area contributed by atoms with E-state index in [-0.39, 0.29) is 11.9 Å². The number of aryl methyl sites for hydroxylation is 1. The number of carbonyl (C=O) groups excluding carboxylic acids is 1. The van der Waals surface area contributed by atoms with E-state index in [9.17, 15) is 9.90 Å². The first-order chi connectivity index (χ1) is 12.0. The van der Waals surface area contributed by atoms with E-state index in [1.165, 1.54) is 0 Å². The average Bonchev–Trinajstić information content (AvgIpc) is 3.23. The van der Waals surface area contributed by atoms with Gasteiger partial charge in [-0.15, -0.1) is 0 Å². The fraction of sp³-hybridized carbons (Fsp3) is 0.444. The fourth-order valence-electron chi connectivity index (χ4n) is 3.30. The van der Waals surface area contributed by atoms with Crippen molar-refractivity contribution in [3.8, 4) is 5.75 Å². The fourth-order valence-corrected chi connectivity index (χ4v) is 3.72. The highest BCUT2D eigenvalue weighted by molar-refractivity contribution is 9.10. The summed E-state index contributed by atoms with van der Waals surface area (Å²) < 4.78 is 7.65. The number of nitrogens with zero attached hydrogens (tertiary/aromatic N) is 3. The van der Waals surface area contributed by atoms with Crippen molar-refractivity contribution >= 4 is 21.8 Å². The molecule has 1 aliphatic rings. The maximum atomic E-state index is 13.0. The molecular formula is C18H22BrN3O3. The highest BCUT2D eigenvalue weighted by atomic mass is 79.9. The van der Waals surface area contributed by atoms with Crippen LogP contribution in [0.4, 0.5) is 0 Å². The molecule has 1 aliphatic heterocycles. The molecule has 0 saturated carbocycles. The van der Waals surface area contributed by atoms with Gasteiger partial charge in [-0.25, -0.2) is 0 Å². The van der Waals surface area contributed by atoms with Gasteiger partial charge in [0.05, 0.1) is 25.0 Å². The summed E-state index contributed by atoms with van der Waals surface area (Å²) in [5, 5.41) is 14.6. The summed E-state index contributed by atoms with van der Waals surface area (Å²) >= 11 is 3.45. The highest BCUT2D eigenvalue weighted by Gasteiger charge is 2.32. The van der Waals surface area contributed by atoms with Crippen molar-refractivity contribution in [2.24, 2.45) is 7.05 Å². The standard InChI is InChI=1S/C18H22BrN3O3/c1-21-11-12(10-20-21)17(23)8-13-4-3-7-22(13)18(24)15-9-14(25-2)5-6-16(15)19/h5-6,9-11,13,17,23H,3-4,7-8H2,1-2H3/t13-,17-/m0/s1. The molecule has 2 atom stereocenters. The molecule has 1 aromatic carbocycles. The smallest absolute Gasteiger partial charge is 0.255 e. The van der Waals surface area contributed by atoms with Crippen LogP contribution in [0.5, 0.6) is 5.75 Å². The maximum absolute atomic E-state index is 13.0. The lowest BCUT2D eigenvalue weighted by molar-refractivity contribution is 0.0665. The van der Waals surface area contributed by atoms with Gasteiger partial charge in [-0.3, -0.25) is 9.48 Å². The highest BCUT2D eigenvalue weighted by Crippen LogP contribution is 2.31. The predicted molar refractivity (Wildman–Crippen MR) is 97.5 cm³/mol. The van der Waals surface area contributed by atoms with Crippen molar-refractivity contribution in [1.82, 2.24) is 14.7 Å². The minimum Gasteiger partial charge on any atom is -0.497 e. The molecule has 0 radical (unpaired) electrons. The number of amides is 1. The molecule has 0 spiro atoms. The maximum Gasteiger partial charge on any atom is 0.255 e. The Kier molecular flexibility index (Phi) is 5.44. The Morgan fingerprint density at radius 3 is 3.00 bits per heavy atom. The molecule has 1 N–H and O–H groups in total. The lowest BCUT2D eigenvalue weighted by Crippen LogP contribution is -2.36. The first kappa shape index (κ1) is 17.9. The van der Waals surface area contributed by atoms with Crippen LogP contribution in [0.2, 0.25) is 0 Å². The van der Waals surface area contributed by atoms with Crippen molar-refractivity contribution in [1.29, 1.82) is 0 Å². The Labute approximate surface area is 155 Å². The van der Waals surface area contributed by atoms with Gasteiger partial charge in [0.25, 0.3) is 5.91 Å². The van der Waals surface area contributed by atoms with Gasteiger partial charge < -0.3 is 14.7 Å². The van der Waals surface area contributed by atoms with E-state index in [1.54, 1.807) is 24.1 Å². The molecule has 1 saturated heterocycles. The third-order valence-corrected chi connectivity index (χ3v) is 5.34. The lowest BCUT2D eigenvalue weighted by atomic mass is 10.0. The molecule has 2 heterocycles. The molecule has 2 aromatic rings. The summed E-state index contributed by atoms with van der Waals surface area (Å²) in [5.74, 6) is 0.615. The number of aliphatic hydroxyl groups is 1. The lowest BCUT2D eigenvalue weighted by Gasteiger charge is -2.27. The summed E-state index contributed by atoms with van der Waals surface area (Å²) in [7, 11) is 3.41. The van der Waals surface area contributed by atoms with Crippen LogP contribution >= 0.6 is 15.9 Å². The number of benzene rings is 1. The van der Waals surface area contributed by atoms with E-state index < -0.39 is 6.10 Å². The van der Waals surface area contributed by atoms with Crippen LogP contribution in [0, 0.1) is 0 Å². The summed E-state index contributed by atoms with van der Waals surface area (Å²) in [6.07, 6.45) is 5.21. The third-order valence-electron chi connectivity index (χ3n) is 4.65. The number of hydrogen-bond acceptors (Lipinski definition) is 4. The molecule has 0 bridgehead atoms. The zero-order valence-electron chi connectivity index (χ0n) is 14.4. The quantitative estimate of drug-likeness (QED) is 0.826. The number of methoxy groups -OCH3 is 1. The molecule has 134 valence electrons. The Morgan fingerprint density at radius 2 is 2.32 bits per heavy atom. The molecule has 3 rings (SSSR count). The van der Waals surface area contributed by atoms with Crippen LogP contribution in [0.15, 0.2) is 35.1 Å². The second-order valence-corrected chi connectivity index (χ2v) is 7.19. The third kappa shape index (κ3) is 3.88. The molecular weight excluding hydrogens is 386 g/mol. The molecule has 25 heavy (non-hydrogen) atoms. The van der Waals surface area contributed by atoms with Crippen molar-refractivity contribution in [3.05, 3.63) is 46.2 Å². The number of aliphatic hydroxyl groups excluding tert-OH is 1. The Balaban J connectivity index is 1.76. The van der Waals surface area contributed by atoms with Crippen molar-refractivity contribution in [2.45, 2.75) is 31.4 Å². The van der Waals surface area contributed by atoms with Gasteiger partial charge in [-0.2, -0.15) is 5.10 Å². The second kappa shape index (κ2) is 7.58. The van der Waals surface area contributed by atoms with Gasteiger partial charge in [0.15, 0.2) is 0 Å². The molecule has 0 unspecified atom stereocenters. The number of likely N-dealkylation sites (tertiary alicyclic amines) is 1. The van der Waals surface area contributed by atoms with Crippen LogP contribution in [-0.4, -0.2) is 45.4 Å². The van der Waals surface area contributed by atoms with E-state index in [2.05, 4.69) is 21.0 Å². The van der Waals surface area contributed by atoms with E-state index in [0.717, 1.165) is 22.9 Å². The second-order valence-electron chi connectivity index (χ2n) is 6.34. The Bertz CT molecular complexity index is 762. The van der Waals surface area contributed by atoms with Crippen LogP contribution in [0.1, 0.15) is 41.3 Å². The van der Waals surface area contributed by atoms with E-state index >= 15 is 0 Å². The van der Waals surface area contributed by atoms with E-state index in [0.29, 0.717) is 24.3 Å². The number of hydrogen-bond donors (Lipinski definition) is 1. The minimum absolute atomic E-state index is 0.0146. The predicted octanol–water partition coefficient (Wildman–Crippen LogP) is 2.92. The molecule has 0 aliphatic carbocycles.